The Morgan fingerprint density at radius 1 is 1.31 bits per heavy atom. The van der Waals surface area contributed by atoms with Gasteiger partial charge in [-0.05, 0) is 50.5 Å². The maximum Gasteiger partial charge on any atom is 0.253 e. The van der Waals surface area contributed by atoms with Crippen molar-refractivity contribution in [1.82, 2.24) is 9.62 Å². The van der Waals surface area contributed by atoms with E-state index in [1.807, 2.05) is 6.07 Å². The number of hydrogen-bond acceptors (Lipinski definition) is 5. The van der Waals surface area contributed by atoms with Crippen molar-refractivity contribution in [3.05, 3.63) is 35.4 Å². The summed E-state index contributed by atoms with van der Waals surface area (Å²) in [5.74, 6) is -0.907. The summed E-state index contributed by atoms with van der Waals surface area (Å²) in [5, 5.41) is 8.84. The second-order valence-electron chi connectivity index (χ2n) is 6.83. The highest BCUT2D eigenvalue weighted by atomic mass is 32.2. The SMILES string of the molecule is CCCS(=O)(=O)NC(=O)C1(C)CCCN(C(=O)c2ccc(C#N)cc2)C1. The van der Waals surface area contributed by atoms with Crippen LogP contribution in [0.15, 0.2) is 24.3 Å². The number of nitrogens with zero attached hydrogens (tertiary/aromatic N) is 2. The molecule has 26 heavy (non-hydrogen) atoms. The highest BCUT2D eigenvalue weighted by molar-refractivity contribution is 7.90. The largest absolute Gasteiger partial charge is 0.338 e. The summed E-state index contributed by atoms with van der Waals surface area (Å²) in [6.45, 7) is 4.06. The molecule has 140 valence electrons. The molecule has 0 saturated carbocycles. The molecule has 7 nitrogen and oxygen atoms in total. The van der Waals surface area contributed by atoms with Gasteiger partial charge in [-0.3, -0.25) is 14.3 Å². The quantitative estimate of drug-likeness (QED) is 0.840. The molecule has 0 spiro atoms. The van der Waals surface area contributed by atoms with Crippen molar-refractivity contribution in [3.8, 4) is 6.07 Å². The van der Waals surface area contributed by atoms with Gasteiger partial charge in [0.05, 0.1) is 22.8 Å². The third-order valence-corrected chi connectivity index (χ3v) is 5.96. The first-order valence-corrected chi connectivity index (χ1v) is 10.2. The minimum absolute atomic E-state index is 0.108. The first-order chi connectivity index (χ1) is 12.2. The summed E-state index contributed by atoms with van der Waals surface area (Å²) in [7, 11) is -3.65. The lowest BCUT2D eigenvalue weighted by atomic mass is 9.81. The summed E-state index contributed by atoms with van der Waals surface area (Å²) in [6, 6.07) is 8.30. The highest BCUT2D eigenvalue weighted by Crippen LogP contribution is 2.31. The zero-order valence-corrected chi connectivity index (χ0v) is 15.8. The number of nitriles is 1. The maximum atomic E-state index is 12.7. The lowest BCUT2D eigenvalue weighted by Gasteiger charge is -2.39. The predicted molar refractivity (Wildman–Crippen MR) is 96.6 cm³/mol. The van der Waals surface area contributed by atoms with Gasteiger partial charge >= 0.3 is 0 Å². The van der Waals surface area contributed by atoms with Gasteiger partial charge in [0.15, 0.2) is 0 Å². The fourth-order valence-electron chi connectivity index (χ4n) is 3.05. The minimum Gasteiger partial charge on any atom is -0.338 e. The van der Waals surface area contributed by atoms with E-state index in [-0.39, 0.29) is 18.2 Å². The monoisotopic (exact) mass is 377 g/mol. The number of sulfonamides is 1. The number of amides is 2. The van der Waals surface area contributed by atoms with E-state index in [0.717, 1.165) is 0 Å². The Labute approximate surface area is 154 Å². The second-order valence-corrected chi connectivity index (χ2v) is 8.67. The Morgan fingerprint density at radius 3 is 2.54 bits per heavy atom. The Morgan fingerprint density at radius 2 is 1.96 bits per heavy atom. The second kappa shape index (κ2) is 7.87. The molecule has 1 unspecified atom stereocenters. The van der Waals surface area contributed by atoms with Crippen molar-refractivity contribution in [2.24, 2.45) is 5.41 Å². The van der Waals surface area contributed by atoms with E-state index < -0.39 is 21.3 Å². The average Bonchev–Trinajstić information content (AvgIpc) is 2.60. The average molecular weight is 377 g/mol. The van der Waals surface area contributed by atoms with E-state index in [2.05, 4.69) is 4.72 Å². The normalized spacial score (nSPS) is 20.3. The van der Waals surface area contributed by atoms with Crippen LogP contribution < -0.4 is 4.72 Å². The summed E-state index contributed by atoms with van der Waals surface area (Å²) in [4.78, 5) is 26.8. The molecule has 1 atom stereocenters. The van der Waals surface area contributed by atoms with Crippen LogP contribution in [-0.2, 0) is 14.8 Å². The lowest BCUT2D eigenvalue weighted by Crippen LogP contribution is -2.53. The summed E-state index contributed by atoms with van der Waals surface area (Å²) < 4.78 is 25.9. The first kappa shape index (κ1) is 19.9. The molecule has 0 aliphatic carbocycles. The van der Waals surface area contributed by atoms with Gasteiger partial charge in [-0.1, -0.05) is 6.92 Å². The summed E-state index contributed by atoms with van der Waals surface area (Å²) in [5.41, 5.74) is -0.0563. The van der Waals surface area contributed by atoms with Gasteiger partial charge in [0.25, 0.3) is 5.91 Å². The molecule has 0 radical (unpaired) electrons. The van der Waals surface area contributed by atoms with Gasteiger partial charge in [-0.2, -0.15) is 5.26 Å². The van der Waals surface area contributed by atoms with Crippen molar-refractivity contribution < 1.29 is 18.0 Å². The summed E-state index contributed by atoms with van der Waals surface area (Å²) >= 11 is 0. The molecule has 1 fully saturated rings. The van der Waals surface area contributed by atoms with E-state index in [0.29, 0.717) is 36.9 Å². The Kier molecular flexibility index (Phi) is 6.03. The molecular weight excluding hydrogens is 354 g/mol. The van der Waals surface area contributed by atoms with Gasteiger partial charge in [0.1, 0.15) is 0 Å². The fourth-order valence-corrected chi connectivity index (χ4v) is 4.22. The third-order valence-electron chi connectivity index (χ3n) is 4.51. The molecule has 1 aliphatic rings. The predicted octanol–water partition coefficient (Wildman–Crippen LogP) is 1.66. The molecule has 2 rings (SSSR count). The molecule has 0 aromatic heterocycles. The minimum atomic E-state index is -3.65. The van der Waals surface area contributed by atoms with E-state index in [9.17, 15) is 18.0 Å². The van der Waals surface area contributed by atoms with Gasteiger partial charge < -0.3 is 4.90 Å². The number of nitrogens with one attached hydrogen (secondary N) is 1. The van der Waals surface area contributed by atoms with Gasteiger partial charge in [0, 0.05) is 18.7 Å². The number of carbonyl (C=O) groups is 2. The van der Waals surface area contributed by atoms with Crippen LogP contribution in [0.1, 0.15) is 49.0 Å². The van der Waals surface area contributed by atoms with Crippen LogP contribution in [-0.4, -0.2) is 44.0 Å². The zero-order valence-electron chi connectivity index (χ0n) is 15.0. The molecule has 1 aliphatic heterocycles. The Balaban J connectivity index is 2.12. The standard InChI is InChI=1S/C18H23N3O4S/c1-3-11-26(24,25)20-17(23)18(2)9-4-10-21(13-18)16(22)15-7-5-14(12-19)6-8-15/h5-8H,3-4,9-11,13H2,1-2H3,(H,20,23). The van der Waals surface area contributed by atoms with Crippen LogP contribution in [0, 0.1) is 16.7 Å². The van der Waals surface area contributed by atoms with Crippen molar-refractivity contribution >= 4 is 21.8 Å². The number of hydrogen-bond donors (Lipinski definition) is 1. The van der Waals surface area contributed by atoms with Crippen LogP contribution >= 0.6 is 0 Å². The molecular formula is C18H23N3O4S. The summed E-state index contributed by atoms with van der Waals surface area (Å²) in [6.07, 6.45) is 1.54. The van der Waals surface area contributed by atoms with Crippen LogP contribution in [0.3, 0.4) is 0 Å². The van der Waals surface area contributed by atoms with Crippen molar-refractivity contribution in [3.63, 3.8) is 0 Å². The van der Waals surface area contributed by atoms with Crippen LogP contribution in [0.4, 0.5) is 0 Å². The van der Waals surface area contributed by atoms with E-state index in [1.165, 1.54) is 0 Å². The van der Waals surface area contributed by atoms with Crippen molar-refractivity contribution in [2.75, 3.05) is 18.8 Å². The number of benzene rings is 1. The van der Waals surface area contributed by atoms with E-state index in [4.69, 9.17) is 5.26 Å². The zero-order chi connectivity index (χ0) is 19.4. The molecule has 1 heterocycles. The van der Waals surface area contributed by atoms with Crippen LogP contribution in [0.5, 0.6) is 0 Å². The molecule has 2 amide bonds. The Bertz CT molecular complexity index is 827. The topological polar surface area (TPSA) is 107 Å². The third kappa shape index (κ3) is 4.61. The van der Waals surface area contributed by atoms with E-state index in [1.54, 1.807) is 43.0 Å². The van der Waals surface area contributed by atoms with Gasteiger partial charge in [0.2, 0.25) is 15.9 Å². The number of likely N-dealkylation sites (tertiary alicyclic amines) is 1. The first-order valence-electron chi connectivity index (χ1n) is 8.55. The number of rotatable bonds is 5. The smallest absolute Gasteiger partial charge is 0.253 e. The molecule has 1 aromatic rings. The molecule has 0 bridgehead atoms. The van der Waals surface area contributed by atoms with E-state index >= 15 is 0 Å². The Hall–Kier alpha value is -2.40. The molecule has 8 heteroatoms. The van der Waals surface area contributed by atoms with Crippen molar-refractivity contribution in [2.45, 2.75) is 33.1 Å². The highest BCUT2D eigenvalue weighted by Gasteiger charge is 2.40. The maximum absolute atomic E-state index is 12.7. The van der Waals surface area contributed by atoms with Crippen LogP contribution in [0.25, 0.3) is 0 Å². The number of piperidine rings is 1. The fraction of sp³-hybridized carbons (Fsp3) is 0.500. The van der Waals surface area contributed by atoms with Crippen molar-refractivity contribution in [1.29, 1.82) is 5.26 Å². The van der Waals surface area contributed by atoms with Gasteiger partial charge in [-0.15, -0.1) is 0 Å². The van der Waals surface area contributed by atoms with Crippen LogP contribution in [0.2, 0.25) is 0 Å². The number of carbonyl (C=O) groups excluding carboxylic acids is 2. The van der Waals surface area contributed by atoms with Gasteiger partial charge in [-0.25, -0.2) is 8.42 Å². The lowest BCUT2D eigenvalue weighted by molar-refractivity contribution is -0.130. The molecule has 1 N–H and O–H groups in total. The molecule has 1 aromatic carbocycles. The molecule has 1 saturated heterocycles.